The predicted molar refractivity (Wildman–Crippen MR) is 114 cm³/mol. The highest BCUT2D eigenvalue weighted by atomic mass is 79.9. The lowest BCUT2D eigenvalue weighted by Gasteiger charge is -2.15. The largest absolute Gasteiger partial charge is 0.493 e. The monoisotopic (exact) mass is 449 g/mol. The lowest BCUT2D eigenvalue weighted by Crippen LogP contribution is -2.24. The van der Waals surface area contributed by atoms with E-state index in [2.05, 4.69) is 28.2 Å². The molecule has 2 rings (SSSR count). The van der Waals surface area contributed by atoms with Crippen molar-refractivity contribution >= 4 is 21.8 Å². The van der Waals surface area contributed by atoms with E-state index in [9.17, 15) is 4.79 Å². The quantitative estimate of drug-likeness (QED) is 0.496. The zero-order valence-electron chi connectivity index (χ0n) is 16.9. The van der Waals surface area contributed by atoms with Crippen molar-refractivity contribution in [2.24, 2.45) is 0 Å². The Morgan fingerprint density at radius 1 is 1.11 bits per heavy atom. The second-order valence-corrected chi connectivity index (χ2v) is 7.59. The van der Waals surface area contributed by atoms with Crippen LogP contribution in [0.4, 0.5) is 0 Å². The molecule has 1 amide bonds. The van der Waals surface area contributed by atoms with E-state index in [1.54, 1.807) is 19.2 Å². The summed E-state index contributed by atoms with van der Waals surface area (Å²) in [7, 11) is 1.61. The number of carbonyl (C=O) groups is 1. The first kappa shape index (κ1) is 22.1. The number of rotatable bonds is 10. The van der Waals surface area contributed by atoms with Crippen molar-refractivity contribution in [3.63, 3.8) is 0 Å². The van der Waals surface area contributed by atoms with Gasteiger partial charge in [0.05, 0.1) is 25.4 Å². The molecule has 0 aliphatic rings. The normalized spacial score (nSPS) is 10.6. The van der Waals surface area contributed by atoms with E-state index < -0.39 is 0 Å². The molecule has 5 nitrogen and oxygen atoms in total. The predicted octanol–water partition coefficient (Wildman–Crippen LogP) is 5.35. The molecule has 0 saturated heterocycles. The number of unbranched alkanes of at least 4 members (excludes halogenated alkanes) is 1. The molecule has 152 valence electrons. The van der Waals surface area contributed by atoms with Gasteiger partial charge < -0.3 is 19.5 Å². The SMILES string of the molecule is CCCCOc1ccc(CNC(=O)c2cc(Br)ccc2OC(C)C)cc1OC. The number of methoxy groups -OCH3 is 1. The smallest absolute Gasteiger partial charge is 0.255 e. The number of halogens is 1. The molecular weight excluding hydrogens is 422 g/mol. The first-order chi connectivity index (χ1) is 13.4. The van der Waals surface area contributed by atoms with Gasteiger partial charge in [-0.1, -0.05) is 35.3 Å². The van der Waals surface area contributed by atoms with Gasteiger partial charge in [0.1, 0.15) is 5.75 Å². The molecule has 0 unspecified atom stereocenters. The van der Waals surface area contributed by atoms with Crippen LogP contribution in [0.5, 0.6) is 17.2 Å². The molecule has 0 atom stereocenters. The molecule has 0 radical (unpaired) electrons. The number of amides is 1. The van der Waals surface area contributed by atoms with E-state index in [1.165, 1.54) is 0 Å². The standard InChI is InChI=1S/C22H28BrNO4/c1-5-6-11-27-20-9-7-16(12-21(20)26-4)14-24-22(25)18-13-17(23)8-10-19(18)28-15(2)3/h7-10,12-13,15H,5-6,11,14H2,1-4H3,(H,24,25). The Labute approximate surface area is 175 Å². The van der Waals surface area contributed by atoms with Crippen LogP contribution in [0.1, 0.15) is 49.5 Å². The highest BCUT2D eigenvalue weighted by Gasteiger charge is 2.15. The van der Waals surface area contributed by atoms with Crippen molar-refractivity contribution in [1.82, 2.24) is 5.32 Å². The summed E-state index contributed by atoms with van der Waals surface area (Å²) in [6, 6.07) is 11.1. The Kier molecular flexibility index (Phi) is 8.64. The Hall–Kier alpha value is -2.21. The molecule has 0 aliphatic heterocycles. The molecule has 0 aliphatic carbocycles. The van der Waals surface area contributed by atoms with E-state index in [1.807, 2.05) is 38.1 Å². The van der Waals surface area contributed by atoms with Crippen molar-refractivity contribution in [1.29, 1.82) is 0 Å². The summed E-state index contributed by atoms with van der Waals surface area (Å²) in [5, 5.41) is 2.94. The lowest BCUT2D eigenvalue weighted by molar-refractivity contribution is 0.0945. The highest BCUT2D eigenvalue weighted by molar-refractivity contribution is 9.10. The minimum Gasteiger partial charge on any atom is -0.493 e. The minimum atomic E-state index is -0.195. The number of benzene rings is 2. The third-order valence-corrected chi connectivity index (χ3v) is 4.48. The second-order valence-electron chi connectivity index (χ2n) is 6.68. The van der Waals surface area contributed by atoms with E-state index >= 15 is 0 Å². The summed E-state index contributed by atoms with van der Waals surface area (Å²) in [6.45, 7) is 7.01. The molecule has 2 aromatic carbocycles. The van der Waals surface area contributed by atoms with Gasteiger partial charge in [-0.05, 0) is 56.2 Å². The maximum Gasteiger partial charge on any atom is 0.255 e. The first-order valence-corrected chi connectivity index (χ1v) is 10.3. The molecule has 0 heterocycles. The third-order valence-electron chi connectivity index (χ3n) is 3.99. The first-order valence-electron chi connectivity index (χ1n) is 9.48. The zero-order valence-corrected chi connectivity index (χ0v) is 18.5. The average molecular weight is 450 g/mol. The summed E-state index contributed by atoms with van der Waals surface area (Å²) in [5.41, 5.74) is 1.42. The van der Waals surface area contributed by atoms with Crippen LogP contribution in [-0.2, 0) is 6.54 Å². The van der Waals surface area contributed by atoms with E-state index in [4.69, 9.17) is 14.2 Å². The van der Waals surface area contributed by atoms with Crippen molar-refractivity contribution in [3.05, 3.63) is 52.0 Å². The van der Waals surface area contributed by atoms with Crippen LogP contribution in [0.2, 0.25) is 0 Å². The molecule has 0 fully saturated rings. The molecule has 6 heteroatoms. The van der Waals surface area contributed by atoms with Crippen LogP contribution in [0.25, 0.3) is 0 Å². The van der Waals surface area contributed by atoms with Crippen LogP contribution in [0, 0.1) is 0 Å². The lowest BCUT2D eigenvalue weighted by atomic mass is 10.1. The van der Waals surface area contributed by atoms with Crippen molar-refractivity contribution in [3.8, 4) is 17.2 Å². The van der Waals surface area contributed by atoms with Crippen LogP contribution >= 0.6 is 15.9 Å². The van der Waals surface area contributed by atoms with Crippen LogP contribution in [0.15, 0.2) is 40.9 Å². The van der Waals surface area contributed by atoms with Gasteiger partial charge in [-0.2, -0.15) is 0 Å². The second kappa shape index (κ2) is 11.0. The summed E-state index contributed by atoms with van der Waals surface area (Å²) in [5.74, 6) is 1.74. The van der Waals surface area contributed by atoms with Gasteiger partial charge in [-0.25, -0.2) is 0 Å². The van der Waals surface area contributed by atoms with E-state index in [0.29, 0.717) is 36.0 Å². The Balaban J connectivity index is 2.07. The summed E-state index contributed by atoms with van der Waals surface area (Å²) >= 11 is 3.41. The topological polar surface area (TPSA) is 56.8 Å². The van der Waals surface area contributed by atoms with Gasteiger partial charge >= 0.3 is 0 Å². The number of nitrogens with one attached hydrogen (secondary N) is 1. The zero-order chi connectivity index (χ0) is 20.5. The number of hydrogen-bond acceptors (Lipinski definition) is 4. The van der Waals surface area contributed by atoms with Crippen LogP contribution < -0.4 is 19.5 Å². The van der Waals surface area contributed by atoms with Crippen LogP contribution in [0.3, 0.4) is 0 Å². The van der Waals surface area contributed by atoms with Crippen LogP contribution in [-0.4, -0.2) is 25.7 Å². The molecular formula is C22H28BrNO4. The Bertz CT molecular complexity index is 792. The number of carbonyl (C=O) groups excluding carboxylic acids is 1. The summed E-state index contributed by atoms with van der Waals surface area (Å²) in [6.07, 6.45) is 2.05. The van der Waals surface area contributed by atoms with Crippen molar-refractivity contribution in [2.75, 3.05) is 13.7 Å². The number of hydrogen-bond donors (Lipinski definition) is 1. The van der Waals surface area contributed by atoms with Gasteiger partial charge in [-0.3, -0.25) is 4.79 Å². The molecule has 28 heavy (non-hydrogen) atoms. The van der Waals surface area contributed by atoms with Gasteiger partial charge in [-0.15, -0.1) is 0 Å². The molecule has 0 saturated carbocycles. The van der Waals surface area contributed by atoms with Gasteiger partial charge in [0.15, 0.2) is 11.5 Å². The number of ether oxygens (including phenoxy) is 3. The van der Waals surface area contributed by atoms with E-state index in [0.717, 1.165) is 22.9 Å². The van der Waals surface area contributed by atoms with Gasteiger partial charge in [0.2, 0.25) is 0 Å². The highest BCUT2D eigenvalue weighted by Crippen LogP contribution is 2.29. The third kappa shape index (κ3) is 6.44. The van der Waals surface area contributed by atoms with Gasteiger partial charge in [0.25, 0.3) is 5.91 Å². The summed E-state index contributed by atoms with van der Waals surface area (Å²) in [4.78, 5) is 12.7. The molecule has 0 bridgehead atoms. The maximum absolute atomic E-state index is 12.7. The fourth-order valence-electron chi connectivity index (χ4n) is 2.58. The fraction of sp³-hybridized carbons (Fsp3) is 0.409. The minimum absolute atomic E-state index is 0.0164. The van der Waals surface area contributed by atoms with Crippen molar-refractivity contribution < 1.29 is 19.0 Å². The molecule has 0 aromatic heterocycles. The molecule has 2 aromatic rings. The Morgan fingerprint density at radius 2 is 1.86 bits per heavy atom. The van der Waals surface area contributed by atoms with E-state index in [-0.39, 0.29) is 12.0 Å². The maximum atomic E-state index is 12.7. The summed E-state index contributed by atoms with van der Waals surface area (Å²) < 4.78 is 17.8. The average Bonchev–Trinajstić information content (AvgIpc) is 2.67. The Morgan fingerprint density at radius 3 is 2.54 bits per heavy atom. The fourth-order valence-corrected chi connectivity index (χ4v) is 2.94. The molecule has 1 N–H and O–H groups in total. The molecule has 0 spiro atoms. The van der Waals surface area contributed by atoms with Gasteiger partial charge in [0, 0.05) is 11.0 Å². The van der Waals surface area contributed by atoms with Crippen molar-refractivity contribution in [2.45, 2.75) is 46.3 Å².